The van der Waals surface area contributed by atoms with Crippen molar-refractivity contribution < 1.29 is 17.9 Å². The Bertz CT molecular complexity index is 240. The van der Waals surface area contributed by atoms with Gasteiger partial charge in [-0.2, -0.15) is 13.2 Å². The van der Waals surface area contributed by atoms with Crippen LogP contribution in [0.15, 0.2) is 12.2 Å². The molecule has 5 heteroatoms. The van der Waals surface area contributed by atoms with E-state index in [2.05, 4.69) is 35.0 Å². The number of hydrogen-bond acceptors (Lipinski definition) is 1. The molecule has 0 aromatic heterocycles. The number of hydrogen-bond donors (Lipinski definition) is 0. The van der Waals surface area contributed by atoms with Gasteiger partial charge in [-0.15, -0.1) is 0 Å². The van der Waals surface area contributed by atoms with E-state index in [-0.39, 0.29) is 6.61 Å². The SMILES string of the molecule is CC1CC=CCC1COCC(Br)C(F)(F)F. The topological polar surface area (TPSA) is 9.23 Å². The number of halogens is 4. The molecule has 16 heavy (non-hydrogen) atoms. The van der Waals surface area contributed by atoms with Crippen LogP contribution in [0.4, 0.5) is 13.2 Å². The van der Waals surface area contributed by atoms with Crippen molar-refractivity contribution >= 4 is 15.9 Å². The van der Waals surface area contributed by atoms with Crippen LogP contribution in [0.2, 0.25) is 0 Å². The third kappa shape index (κ3) is 4.45. The van der Waals surface area contributed by atoms with Crippen molar-refractivity contribution in [3.63, 3.8) is 0 Å². The van der Waals surface area contributed by atoms with Crippen LogP contribution in [0.3, 0.4) is 0 Å². The molecule has 1 rings (SSSR count). The second-order valence-corrected chi connectivity index (χ2v) is 5.33. The Labute approximate surface area is 102 Å². The van der Waals surface area contributed by atoms with E-state index in [9.17, 15) is 13.2 Å². The summed E-state index contributed by atoms with van der Waals surface area (Å²) in [7, 11) is 0. The van der Waals surface area contributed by atoms with E-state index >= 15 is 0 Å². The summed E-state index contributed by atoms with van der Waals surface area (Å²) in [4.78, 5) is -1.56. The van der Waals surface area contributed by atoms with E-state index < -0.39 is 11.0 Å². The highest BCUT2D eigenvalue weighted by molar-refractivity contribution is 9.09. The molecule has 3 unspecified atom stereocenters. The Kier molecular flexibility index (Phi) is 5.31. The molecule has 1 nitrogen and oxygen atoms in total. The monoisotopic (exact) mass is 300 g/mol. The molecule has 0 fully saturated rings. The van der Waals surface area contributed by atoms with Gasteiger partial charge in [-0.1, -0.05) is 35.0 Å². The molecular formula is C11H16BrF3O. The minimum atomic E-state index is -4.22. The van der Waals surface area contributed by atoms with Gasteiger partial charge in [-0.25, -0.2) is 0 Å². The molecular weight excluding hydrogens is 285 g/mol. The van der Waals surface area contributed by atoms with Crippen LogP contribution in [0.25, 0.3) is 0 Å². The molecule has 0 radical (unpaired) electrons. The van der Waals surface area contributed by atoms with E-state index in [0.717, 1.165) is 12.8 Å². The summed E-state index contributed by atoms with van der Waals surface area (Å²) in [6.45, 7) is 2.20. The molecule has 94 valence electrons. The maximum atomic E-state index is 12.2. The third-order valence-electron chi connectivity index (χ3n) is 2.87. The summed E-state index contributed by atoms with van der Waals surface area (Å²) in [5, 5.41) is 0. The van der Waals surface area contributed by atoms with Crippen molar-refractivity contribution in [2.45, 2.75) is 30.8 Å². The fraction of sp³-hybridized carbons (Fsp3) is 0.818. The van der Waals surface area contributed by atoms with Crippen molar-refractivity contribution in [3.8, 4) is 0 Å². The van der Waals surface area contributed by atoms with Gasteiger partial charge in [-0.05, 0) is 24.7 Å². The molecule has 0 saturated carbocycles. The summed E-state index contributed by atoms with van der Waals surface area (Å²) in [6, 6.07) is 0. The molecule has 3 atom stereocenters. The number of rotatable bonds is 4. The first-order valence-corrected chi connectivity index (χ1v) is 6.26. The third-order valence-corrected chi connectivity index (χ3v) is 3.65. The lowest BCUT2D eigenvalue weighted by atomic mass is 9.85. The zero-order valence-electron chi connectivity index (χ0n) is 9.14. The van der Waals surface area contributed by atoms with Crippen molar-refractivity contribution in [2.75, 3.05) is 13.2 Å². The Morgan fingerprint density at radius 2 is 2.00 bits per heavy atom. The number of ether oxygens (including phenoxy) is 1. The van der Waals surface area contributed by atoms with E-state index in [1.807, 2.05) is 0 Å². The van der Waals surface area contributed by atoms with Crippen LogP contribution in [0.5, 0.6) is 0 Å². The Balaban J connectivity index is 2.22. The Hall–Kier alpha value is -0.0300. The lowest BCUT2D eigenvalue weighted by molar-refractivity contribution is -0.138. The lowest BCUT2D eigenvalue weighted by Gasteiger charge is -2.25. The van der Waals surface area contributed by atoms with Crippen molar-refractivity contribution in [2.24, 2.45) is 11.8 Å². The highest BCUT2D eigenvalue weighted by Crippen LogP contribution is 2.28. The summed E-state index contributed by atoms with van der Waals surface area (Å²) in [5.41, 5.74) is 0. The van der Waals surface area contributed by atoms with Crippen molar-refractivity contribution in [1.82, 2.24) is 0 Å². The second-order valence-electron chi connectivity index (χ2n) is 4.23. The quantitative estimate of drug-likeness (QED) is 0.565. The van der Waals surface area contributed by atoms with Crippen molar-refractivity contribution in [3.05, 3.63) is 12.2 Å². The van der Waals surface area contributed by atoms with Gasteiger partial charge in [0.1, 0.15) is 4.83 Å². The Morgan fingerprint density at radius 1 is 1.38 bits per heavy atom. The molecule has 0 amide bonds. The Morgan fingerprint density at radius 3 is 2.56 bits per heavy atom. The smallest absolute Gasteiger partial charge is 0.380 e. The van der Waals surface area contributed by atoms with E-state index in [4.69, 9.17) is 4.74 Å². The summed E-state index contributed by atoms with van der Waals surface area (Å²) >= 11 is 2.57. The molecule has 0 heterocycles. The molecule has 0 aliphatic heterocycles. The predicted octanol–water partition coefficient (Wildman–Crippen LogP) is 3.93. The lowest BCUT2D eigenvalue weighted by Crippen LogP contribution is -2.29. The van der Waals surface area contributed by atoms with Crippen LogP contribution >= 0.6 is 15.9 Å². The molecule has 0 spiro atoms. The molecule has 0 bridgehead atoms. The standard InChI is InChI=1S/C11H16BrF3O/c1-8-4-2-3-5-9(8)6-16-7-10(12)11(13,14)15/h2-3,8-10H,4-7H2,1H3. The summed E-state index contributed by atoms with van der Waals surface area (Å²) in [5.74, 6) is 0.836. The van der Waals surface area contributed by atoms with Gasteiger partial charge < -0.3 is 4.74 Å². The average molecular weight is 301 g/mol. The van der Waals surface area contributed by atoms with E-state index in [1.165, 1.54) is 0 Å². The van der Waals surface area contributed by atoms with Crippen LogP contribution in [0, 0.1) is 11.8 Å². The van der Waals surface area contributed by atoms with Gasteiger partial charge in [0.05, 0.1) is 13.2 Å². The molecule has 1 aliphatic carbocycles. The minimum Gasteiger partial charge on any atom is -0.380 e. The fourth-order valence-corrected chi connectivity index (χ4v) is 1.84. The zero-order chi connectivity index (χ0) is 12.2. The molecule has 0 saturated heterocycles. The molecule has 0 aromatic carbocycles. The highest BCUT2D eigenvalue weighted by Gasteiger charge is 2.37. The fourth-order valence-electron chi connectivity index (χ4n) is 1.66. The average Bonchev–Trinajstić information content (AvgIpc) is 2.19. The van der Waals surface area contributed by atoms with Crippen LogP contribution in [-0.2, 0) is 4.74 Å². The normalized spacial score (nSPS) is 28.1. The number of allylic oxidation sites excluding steroid dienone is 2. The van der Waals surface area contributed by atoms with Crippen molar-refractivity contribution in [1.29, 1.82) is 0 Å². The van der Waals surface area contributed by atoms with Crippen LogP contribution in [0.1, 0.15) is 19.8 Å². The van der Waals surface area contributed by atoms with E-state index in [1.54, 1.807) is 0 Å². The molecule has 1 aliphatic rings. The zero-order valence-corrected chi connectivity index (χ0v) is 10.7. The van der Waals surface area contributed by atoms with Crippen LogP contribution in [-0.4, -0.2) is 24.2 Å². The first-order valence-electron chi connectivity index (χ1n) is 5.34. The van der Waals surface area contributed by atoms with Gasteiger partial charge >= 0.3 is 6.18 Å². The summed E-state index contributed by atoms with van der Waals surface area (Å²) < 4.78 is 41.6. The van der Waals surface area contributed by atoms with E-state index in [0.29, 0.717) is 18.4 Å². The minimum absolute atomic E-state index is 0.309. The predicted molar refractivity (Wildman–Crippen MR) is 60.6 cm³/mol. The van der Waals surface area contributed by atoms with Gasteiger partial charge in [0.15, 0.2) is 0 Å². The largest absolute Gasteiger partial charge is 0.403 e. The van der Waals surface area contributed by atoms with Gasteiger partial charge in [0.25, 0.3) is 0 Å². The first kappa shape index (κ1) is 14.0. The number of alkyl halides is 4. The first-order chi connectivity index (χ1) is 7.41. The molecule has 0 N–H and O–H groups in total. The molecule has 0 aromatic rings. The van der Waals surface area contributed by atoms with Gasteiger partial charge in [0, 0.05) is 0 Å². The second kappa shape index (κ2) is 6.05. The maximum absolute atomic E-state index is 12.2. The maximum Gasteiger partial charge on any atom is 0.403 e. The van der Waals surface area contributed by atoms with Gasteiger partial charge in [-0.3, -0.25) is 0 Å². The highest BCUT2D eigenvalue weighted by atomic mass is 79.9. The van der Waals surface area contributed by atoms with Gasteiger partial charge in [0.2, 0.25) is 0 Å². The summed E-state index contributed by atoms with van der Waals surface area (Å²) in [6.07, 6.45) is 1.86. The van der Waals surface area contributed by atoms with Crippen LogP contribution < -0.4 is 0 Å².